The molecule has 19 heavy (non-hydrogen) atoms. The number of fused-ring (bicyclic) bond motifs is 1. The molecule has 0 aliphatic carbocycles. The van der Waals surface area contributed by atoms with Crippen molar-refractivity contribution in [2.75, 3.05) is 13.6 Å². The molecule has 1 aromatic carbocycles. The van der Waals surface area contributed by atoms with E-state index in [2.05, 4.69) is 0 Å². The molecule has 0 bridgehead atoms. The molecule has 1 heterocycles. The molecule has 0 atom stereocenters. The minimum atomic E-state index is -1.02. The molecule has 1 N–H and O–H groups in total. The third kappa shape index (κ3) is 2.45. The minimum absolute atomic E-state index is 0.293. The highest BCUT2D eigenvalue weighted by atomic mass is 16.4. The Morgan fingerprint density at radius 3 is 2.63 bits per heavy atom. The number of carboxylic acids is 1. The normalized spacial score (nSPS) is 10.7. The van der Waals surface area contributed by atoms with Crippen LogP contribution in [0.25, 0.3) is 10.9 Å². The van der Waals surface area contributed by atoms with Gasteiger partial charge in [-0.3, -0.25) is 9.59 Å². The van der Waals surface area contributed by atoms with Crippen molar-refractivity contribution in [2.24, 2.45) is 7.05 Å². The number of rotatable bonds is 3. The van der Waals surface area contributed by atoms with Gasteiger partial charge in [0.15, 0.2) is 0 Å². The van der Waals surface area contributed by atoms with Crippen LogP contribution in [0.1, 0.15) is 16.1 Å². The third-order valence-electron chi connectivity index (χ3n) is 3.14. The van der Waals surface area contributed by atoms with E-state index in [1.165, 1.54) is 11.9 Å². The summed E-state index contributed by atoms with van der Waals surface area (Å²) in [7, 11) is 3.29. The number of hydrogen-bond donors (Lipinski definition) is 1. The summed E-state index contributed by atoms with van der Waals surface area (Å²) in [6.07, 6.45) is 0. The number of likely N-dealkylation sites (N-methyl/N-ethyl adjacent to an activating group) is 1. The Kier molecular flexibility index (Phi) is 3.29. The molecule has 0 saturated heterocycles. The maximum absolute atomic E-state index is 12.2. The summed E-state index contributed by atoms with van der Waals surface area (Å²) in [5.41, 5.74) is 2.57. The molecule has 100 valence electrons. The van der Waals surface area contributed by atoms with Gasteiger partial charge in [-0.1, -0.05) is 11.6 Å². The summed E-state index contributed by atoms with van der Waals surface area (Å²) >= 11 is 0. The van der Waals surface area contributed by atoms with Gasteiger partial charge < -0.3 is 14.6 Å². The maximum Gasteiger partial charge on any atom is 0.323 e. The average Bonchev–Trinajstić information content (AvgIpc) is 2.64. The predicted molar refractivity (Wildman–Crippen MR) is 72.3 cm³/mol. The Hall–Kier alpha value is -2.30. The van der Waals surface area contributed by atoms with Crippen LogP contribution in [-0.4, -0.2) is 40.0 Å². The molecule has 5 heteroatoms. The van der Waals surface area contributed by atoms with E-state index in [0.717, 1.165) is 16.5 Å². The zero-order chi connectivity index (χ0) is 14.2. The fourth-order valence-electron chi connectivity index (χ4n) is 2.14. The Morgan fingerprint density at radius 1 is 1.32 bits per heavy atom. The standard InChI is InChI=1S/C14H16N2O3/c1-9-4-5-11-10(6-9)7-12(16(11)3)14(19)15(2)8-13(17)18/h4-7H,8H2,1-3H3,(H,17,18). The van der Waals surface area contributed by atoms with Crippen LogP contribution in [0.4, 0.5) is 0 Å². The topological polar surface area (TPSA) is 62.5 Å². The van der Waals surface area contributed by atoms with Crippen LogP contribution in [0.15, 0.2) is 24.3 Å². The Bertz CT molecular complexity index is 658. The molecular formula is C14H16N2O3. The fraction of sp³-hybridized carbons (Fsp3) is 0.286. The number of carboxylic acid groups (broad SMARTS) is 1. The molecule has 0 spiro atoms. The van der Waals surface area contributed by atoms with Crippen LogP contribution < -0.4 is 0 Å². The quantitative estimate of drug-likeness (QED) is 0.912. The number of aryl methyl sites for hydroxylation is 2. The smallest absolute Gasteiger partial charge is 0.323 e. The second-order valence-corrected chi connectivity index (χ2v) is 4.71. The van der Waals surface area contributed by atoms with Crippen LogP contribution >= 0.6 is 0 Å². The molecule has 0 aliphatic heterocycles. The molecule has 0 radical (unpaired) electrons. The van der Waals surface area contributed by atoms with Crippen LogP contribution in [0.5, 0.6) is 0 Å². The van der Waals surface area contributed by atoms with Gasteiger partial charge in [0.2, 0.25) is 0 Å². The van der Waals surface area contributed by atoms with E-state index in [4.69, 9.17) is 5.11 Å². The van der Waals surface area contributed by atoms with E-state index in [-0.39, 0.29) is 12.5 Å². The molecule has 2 rings (SSSR count). The number of carbonyl (C=O) groups excluding carboxylic acids is 1. The van der Waals surface area contributed by atoms with Crippen LogP contribution in [0.3, 0.4) is 0 Å². The van der Waals surface area contributed by atoms with E-state index in [0.29, 0.717) is 5.69 Å². The molecule has 0 aliphatic rings. The first-order chi connectivity index (χ1) is 8.90. The van der Waals surface area contributed by atoms with Crippen molar-refractivity contribution < 1.29 is 14.7 Å². The van der Waals surface area contributed by atoms with E-state index in [9.17, 15) is 9.59 Å². The van der Waals surface area contributed by atoms with Crippen molar-refractivity contribution in [1.29, 1.82) is 0 Å². The molecule has 5 nitrogen and oxygen atoms in total. The fourth-order valence-corrected chi connectivity index (χ4v) is 2.14. The second-order valence-electron chi connectivity index (χ2n) is 4.71. The summed E-state index contributed by atoms with van der Waals surface area (Å²) in [5.74, 6) is -1.32. The van der Waals surface area contributed by atoms with Crippen molar-refractivity contribution >= 4 is 22.8 Å². The number of aromatic nitrogens is 1. The van der Waals surface area contributed by atoms with Crippen molar-refractivity contribution in [3.05, 3.63) is 35.5 Å². The molecule has 0 saturated carbocycles. The molecule has 1 amide bonds. The number of nitrogens with zero attached hydrogens (tertiary/aromatic N) is 2. The first-order valence-electron chi connectivity index (χ1n) is 5.93. The zero-order valence-electron chi connectivity index (χ0n) is 11.2. The van der Waals surface area contributed by atoms with E-state index >= 15 is 0 Å². The third-order valence-corrected chi connectivity index (χ3v) is 3.14. The first kappa shape index (κ1) is 13.1. The lowest BCUT2D eigenvalue weighted by molar-refractivity contribution is -0.137. The number of carbonyl (C=O) groups is 2. The summed E-state index contributed by atoms with van der Waals surface area (Å²) < 4.78 is 1.79. The van der Waals surface area contributed by atoms with E-state index in [1.807, 2.05) is 25.1 Å². The number of amides is 1. The Morgan fingerprint density at radius 2 is 2.00 bits per heavy atom. The number of hydrogen-bond acceptors (Lipinski definition) is 2. The highest BCUT2D eigenvalue weighted by molar-refractivity contribution is 5.99. The summed E-state index contributed by atoms with van der Waals surface area (Å²) in [6, 6.07) is 7.74. The van der Waals surface area contributed by atoms with E-state index < -0.39 is 5.97 Å². The lowest BCUT2D eigenvalue weighted by Crippen LogP contribution is -2.33. The SMILES string of the molecule is Cc1ccc2c(c1)cc(C(=O)N(C)CC(=O)O)n2C. The Balaban J connectivity index is 2.42. The second kappa shape index (κ2) is 4.76. The van der Waals surface area contributed by atoms with Gasteiger partial charge in [-0.05, 0) is 25.1 Å². The summed E-state index contributed by atoms with van der Waals surface area (Å²) in [6.45, 7) is 1.68. The highest BCUT2D eigenvalue weighted by Gasteiger charge is 2.18. The van der Waals surface area contributed by atoms with Crippen LogP contribution in [-0.2, 0) is 11.8 Å². The first-order valence-corrected chi connectivity index (χ1v) is 5.93. The largest absolute Gasteiger partial charge is 0.480 e. The Labute approximate surface area is 111 Å². The van der Waals surface area contributed by atoms with Crippen molar-refractivity contribution in [3.63, 3.8) is 0 Å². The van der Waals surface area contributed by atoms with Gasteiger partial charge >= 0.3 is 5.97 Å². The number of aliphatic carboxylic acids is 1. The molecule has 1 aromatic heterocycles. The highest BCUT2D eigenvalue weighted by Crippen LogP contribution is 2.20. The average molecular weight is 260 g/mol. The summed E-state index contributed by atoms with van der Waals surface area (Å²) in [4.78, 5) is 24.0. The van der Waals surface area contributed by atoms with Gasteiger partial charge in [-0.2, -0.15) is 0 Å². The molecule has 0 unspecified atom stereocenters. The van der Waals surface area contributed by atoms with Crippen LogP contribution in [0.2, 0.25) is 0 Å². The van der Waals surface area contributed by atoms with Gasteiger partial charge in [-0.15, -0.1) is 0 Å². The zero-order valence-corrected chi connectivity index (χ0v) is 11.2. The predicted octanol–water partition coefficient (Wildman–Crippen LogP) is 1.64. The van der Waals surface area contributed by atoms with E-state index in [1.54, 1.807) is 17.7 Å². The van der Waals surface area contributed by atoms with Gasteiger partial charge in [-0.25, -0.2) is 0 Å². The lowest BCUT2D eigenvalue weighted by Gasteiger charge is -2.14. The van der Waals surface area contributed by atoms with Crippen molar-refractivity contribution in [3.8, 4) is 0 Å². The van der Waals surface area contributed by atoms with Crippen molar-refractivity contribution in [1.82, 2.24) is 9.47 Å². The molecule has 0 fully saturated rings. The molecule has 2 aromatic rings. The lowest BCUT2D eigenvalue weighted by atomic mass is 10.2. The van der Waals surface area contributed by atoms with Gasteiger partial charge in [0.1, 0.15) is 12.2 Å². The van der Waals surface area contributed by atoms with Gasteiger partial charge in [0, 0.05) is 25.0 Å². The van der Waals surface area contributed by atoms with Gasteiger partial charge in [0.25, 0.3) is 5.91 Å². The number of benzene rings is 1. The monoisotopic (exact) mass is 260 g/mol. The molecular weight excluding hydrogens is 244 g/mol. The maximum atomic E-state index is 12.2. The summed E-state index contributed by atoms with van der Waals surface area (Å²) in [5, 5.41) is 9.71. The van der Waals surface area contributed by atoms with Crippen molar-refractivity contribution in [2.45, 2.75) is 6.92 Å². The van der Waals surface area contributed by atoms with Gasteiger partial charge in [0.05, 0.1) is 0 Å². The van der Waals surface area contributed by atoms with Crippen LogP contribution in [0, 0.1) is 6.92 Å². The minimum Gasteiger partial charge on any atom is -0.480 e.